The first kappa shape index (κ1) is 22.6. The Labute approximate surface area is 194 Å². The fourth-order valence-electron chi connectivity index (χ4n) is 3.24. The molecule has 1 aromatic carbocycles. The number of fused-ring (bicyclic) bond motifs is 1. The maximum atomic E-state index is 13.1. The minimum Gasteiger partial charge on any atom is -0.364 e. The van der Waals surface area contributed by atoms with E-state index < -0.39 is 0 Å². The molecule has 0 saturated carbocycles. The van der Waals surface area contributed by atoms with Crippen LogP contribution >= 0.6 is 0 Å². The van der Waals surface area contributed by atoms with Gasteiger partial charge in [0, 0.05) is 24.2 Å². The monoisotopic (exact) mass is 458 g/mol. The van der Waals surface area contributed by atoms with Gasteiger partial charge in [0.2, 0.25) is 11.7 Å². The van der Waals surface area contributed by atoms with E-state index in [4.69, 9.17) is 9.89 Å². The summed E-state index contributed by atoms with van der Waals surface area (Å²) in [4.78, 5) is 33.8. The number of nitrogens with one attached hydrogen (secondary N) is 2. The first-order valence-corrected chi connectivity index (χ1v) is 10.7. The van der Waals surface area contributed by atoms with Crippen molar-refractivity contribution in [2.75, 3.05) is 17.2 Å². The summed E-state index contributed by atoms with van der Waals surface area (Å²) < 4.78 is 6.64. The molecule has 172 valence electrons. The third-order valence-corrected chi connectivity index (χ3v) is 5.05. The number of Topliss-reactive ketones (excluding diaryl/α,β-unsaturated/α-hetero) is 1. The molecule has 0 fully saturated rings. The normalized spacial score (nSPS) is 10.9. The number of carbonyl (C=O) groups is 2. The Balaban J connectivity index is 1.62. The van der Waals surface area contributed by atoms with Crippen molar-refractivity contribution in [2.24, 2.45) is 5.92 Å². The lowest BCUT2D eigenvalue weighted by molar-refractivity contribution is -0.118. The fourth-order valence-corrected chi connectivity index (χ4v) is 3.24. The molecule has 3 heterocycles. The second kappa shape index (κ2) is 9.91. The van der Waals surface area contributed by atoms with Gasteiger partial charge < -0.3 is 15.2 Å². The fraction of sp³-hybridized carbons (Fsp3) is 0.261. The molecule has 11 nitrogen and oxygen atoms in total. The van der Waals surface area contributed by atoms with E-state index in [1.165, 1.54) is 6.20 Å². The highest BCUT2D eigenvalue weighted by Gasteiger charge is 2.22. The van der Waals surface area contributed by atoms with E-state index >= 15 is 0 Å². The minimum absolute atomic E-state index is 0.0281. The van der Waals surface area contributed by atoms with Gasteiger partial charge in [-0.2, -0.15) is 5.26 Å². The van der Waals surface area contributed by atoms with Crippen molar-refractivity contribution < 1.29 is 14.2 Å². The number of imidazole rings is 1. The molecule has 0 unspecified atom stereocenters. The highest BCUT2D eigenvalue weighted by atomic mass is 16.6. The van der Waals surface area contributed by atoms with E-state index in [0.29, 0.717) is 40.8 Å². The van der Waals surface area contributed by atoms with Crippen LogP contribution in [0.1, 0.15) is 30.6 Å². The molecule has 4 rings (SSSR count). The summed E-state index contributed by atoms with van der Waals surface area (Å²) in [5.41, 5.74) is 2.15. The molecule has 2 N–H and O–H groups in total. The third kappa shape index (κ3) is 4.75. The zero-order valence-electron chi connectivity index (χ0n) is 18.6. The minimum atomic E-state index is -0.200. The molecule has 1 amide bonds. The topological polar surface area (TPSA) is 152 Å². The van der Waals surface area contributed by atoms with Gasteiger partial charge in [0.25, 0.3) is 0 Å². The first-order chi connectivity index (χ1) is 16.5. The Morgan fingerprint density at radius 2 is 2.00 bits per heavy atom. The van der Waals surface area contributed by atoms with Gasteiger partial charge in [-0.05, 0) is 34.6 Å². The molecule has 4 aromatic rings. The molecule has 0 spiro atoms. The number of nitrogens with zero attached hydrogens (tertiary/aromatic N) is 6. The van der Waals surface area contributed by atoms with Crippen molar-refractivity contribution in [1.82, 2.24) is 24.8 Å². The summed E-state index contributed by atoms with van der Waals surface area (Å²) >= 11 is 0. The zero-order chi connectivity index (χ0) is 24.1. The van der Waals surface area contributed by atoms with E-state index in [1.54, 1.807) is 30.5 Å². The average molecular weight is 458 g/mol. The number of hydrogen-bond acceptors (Lipinski definition) is 9. The number of aromatic nitrogens is 5. The average Bonchev–Trinajstić information content (AvgIpc) is 3.44. The van der Waals surface area contributed by atoms with E-state index in [1.807, 2.05) is 24.3 Å². The first-order valence-electron chi connectivity index (χ1n) is 10.7. The molecule has 0 atom stereocenters. The Morgan fingerprint density at radius 3 is 2.74 bits per heavy atom. The van der Waals surface area contributed by atoms with E-state index in [0.717, 1.165) is 5.52 Å². The van der Waals surface area contributed by atoms with Gasteiger partial charge in [-0.1, -0.05) is 26.0 Å². The maximum absolute atomic E-state index is 13.1. The molecule has 0 bridgehead atoms. The number of ketones is 1. The van der Waals surface area contributed by atoms with Gasteiger partial charge in [-0.25, -0.2) is 14.6 Å². The smallest absolute Gasteiger partial charge is 0.228 e. The Morgan fingerprint density at radius 1 is 1.18 bits per heavy atom. The van der Waals surface area contributed by atoms with Gasteiger partial charge in [-0.15, -0.1) is 0 Å². The maximum Gasteiger partial charge on any atom is 0.228 e. The van der Waals surface area contributed by atoms with Crippen molar-refractivity contribution in [3.05, 3.63) is 48.2 Å². The van der Waals surface area contributed by atoms with Gasteiger partial charge in [-0.3, -0.25) is 9.59 Å². The number of anilines is 2. The van der Waals surface area contributed by atoms with Crippen molar-refractivity contribution in [2.45, 2.75) is 26.8 Å². The molecule has 34 heavy (non-hydrogen) atoms. The Kier molecular flexibility index (Phi) is 6.59. The molecular weight excluding hydrogens is 436 g/mol. The van der Waals surface area contributed by atoms with Crippen LogP contribution in [0.4, 0.5) is 11.6 Å². The highest BCUT2D eigenvalue weighted by molar-refractivity contribution is 5.98. The number of amides is 1. The van der Waals surface area contributed by atoms with Gasteiger partial charge in [0.15, 0.2) is 17.3 Å². The third-order valence-electron chi connectivity index (χ3n) is 5.05. The summed E-state index contributed by atoms with van der Waals surface area (Å²) in [5.74, 6) is 0.595. The van der Waals surface area contributed by atoms with Crippen LogP contribution in [-0.4, -0.2) is 43.1 Å². The Hall–Kier alpha value is -4.59. The standard InChI is InChI=1S/C23H22N8O3/c1-14(2)23(33)28-19-9-8-15(12-26-19)18(32)13-31-17-7-4-3-6-16(17)27-22(31)20-21(30-34-29-20)25-11-5-10-24/h3-4,6-9,12,14H,5,11,13H2,1-2H3,(H,25,30)(H,26,28,33). The Bertz CT molecular complexity index is 1370. The predicted molar refractivity (Wildman–Crippen MR) is 124 cm³/mol. The number of benzene rings is 1. The number of carbonyl (C=O) groups excluding carboxylic acids is 2. The second-order valence-electron chi connectivity index (χ2n) is 7.81. The predicted octanol–water partition coefficient (Wildman–Crippen LogP) is 3.28. The summed E-state index contributed by atoms with van der Waals surface area (Å²) in [6.45, 7) is 3.91. The van der Waals surface area contributed by atoms with E-state index in [2.05, 4.69) is 37.0 Å². The SMILES string of the molecule is CC(C)C(=O)Nc1ccc(C(=O)Cn2c(-c3nonc3NCCC#N)nc3ccccc32)cn1. The van der Waals surface area contributed by atoms with E-state index in [-0.39, 0.29) is 30.6 Å². The lowest BCUT2D eigenvalue weighted by Crippen LogP contribution is -2.18. The van der Waals surface area contributed by atoms with Crippen LogP contribution in [0.25, 0.3) is 22.6 Å². The van der Waals surface area contributed by atoms with Crippen LogP contribution in [-0.2, 0) is 11.3 Å². The molecule has 0 saturated heterocycles. The molecular formula is C23H22N8O3. The number of nitriles is 1. The van der Waals surface area contributed by atoms with Crippen LogP contribution in [0, 0.1) is 17.2 Å². The van der Waals surface area contributed by atoms with Crippen molar-refractivity contribution in [1.29, 1.82) is 5.26 Å². The number of rotatable bonds is 9. The summed E-state index contributed by atoms with van der Waals surface area (Å²) in [6.07, 6.45) is 1.71. The molecule has 3 aromatic heterocycles. The van der Waals surface area contributed by atoms with Crippen LogP contribution in [0.5, 0.6) is 0 Å². The van der Waals surface area contributed by atoms with Crippen molar-refractivity contribution in [3.8, 4) is 17.6 Å². The van der Waals surface area contributed by atoms with Gasteiger partial charge in [0.05, 0.1) is 30.1 Å². The largest absolute Gasteiger partial charge is 0.364 e. The van der Waals surface area contributed by atoms with Crippen molar-refractivity contribution in [3.63, 3.8) is 0 Å². The highest BCUT2D eigenvalue weighted by Crippen LogP contribution is 2.28. The second-order valence-corrected chi connectivity index (χ2v) is 7.81. The van der Waals surface area contributed by atoms with Gasteiger partial charge in [0.1, 0.15) is 5.82 Å². The molecule has 0 aliphatic rings. The quantitative estimate of drug-likeness (QED) is 0.284. The molecule has 0 aliphatic carbocycles. The molecule has 0 radical (unpaired) electrons. The zero-order valence-corrected chi connectivity index (χ0v) is 18.6. The van der Waals surface area contributed by atoms with Crippen molar-refractivity contribution >= 4 is 34.4 Å². The van der Waals surface area contributed by atoms with Crippen LogP contribution in [0.3, 0.4) is 0 Å². The summed E-state index contributed by atoms with van der Waals surface area (Å²) in [6, 6.07) is 12.7. The molecule has 0 aliphatic heterocycles. The number of pyridine rings is 1. The lowest BCUT2D eigenvalue weighted by Gasteiger charge is -2.09. The van der Waals surface area contributed by atoms with Crippen LogP contribution < -0.4 is 10.6 Å². The summed E-state index contributed by atoms with van der Waals surface area (Å²) in [5, 5.41) is 22.3. The number of para-hydroxylation sites is 2. The van der Waals surface area contributed by atoms with Crippen LogP contribution in [0.15, 0.2) is 47.2 Å². The van der Waals surface area contributed by atoms with E-state index in [9.17, 15) is 9.59 Å². The molecule has 11 heteroatoms. The number of hydrogen-bond donors (Lipinski definition) is 2. The lowest BCUT2D eigenvalue weighted by atomic mass is 10.1. The summed E-state index contributed by atoms with van der Waals surface area (Å²) in [7, 11) is 0. The van der Waals surface area contributed by atoms with Crippen LogP contribution in [0.2, 0.25) is 0 Å². The van der Waals surface area contributed by atoms with Gasteiger partial charge >= 0.3 is 0 Å².